The lowest BCUT2D eigenvalue weighted by Crippen LogP contribution is -2.49. The lowest BCUT2D eigenvalue weighted by atomic mass is 10.0. The normalized spacial score (nSPS) is 13.5. The Hall–Kier alpha value is -1.31. The highest BCUT2D eigenvalue weighted by molar-refractivity contribution is 5.85. The van der Waals surface area contributed by atoms with E-state index in [1.165, 1.54) is 0 Å². The molecular weight excluding hydrogens is 253 g/mol. The minimum absolute atomic E-state index is 0.0292. The quantitative estimate of drug-likeness (QED) is 0.749. The zero-order valence-electron chi connectivity index (χ0n) is 10.2. The van der Waals surface area contributed by atoms with Crippen molar-refractivity contribution < 1.29 is 27.9 Å². The second kappa shape index (κ2) is 6.58. The van der Waals surface area contributed by atoms with Crippen LogP contribution in [0.2, 0.25) is 0 Å². The topological polar surface area (TPSA) is 83.6 Å². The molecule has 1 amide bonds. The molecule has 0 aromatic rings. The first-order valence-electron chi connectivity index (χ1n) is 5.36. The predicted molar refractivity (Wildman–Crippen MR) is 57.7 cm³/mol. The molecule has 0 heterocycles. The largest absolute Gasteiger partial charge is 0.480 e. The number of carbonyl (C=O) groups is 2. The van der Waals surface area contributed by atoms with Gasteiger partial charge in [-0.2, -0.15) is 13.2 Å². The summed E-state index contributed by atoms with van der Waals surface area (Å²) in [4.78, 5) is 22.3. The van der Waals surface area contributed by atoms with Crippen LogP contribution in [0.5, 0.6) is 0 Å². The number of hydrogen-bond acceptors (Lipinski definition) is 3. The van der Waals surface area contributed by atoms with E-state index < -0.39 is 37.2 Å². The van der Waals surface area contributed by atoms with Gasteiger partial charge in [0.25, 0.3) is 0 Å². The fraction of sp³-hybridized carbons (Fsp3) is 0.800. The van der Waals surface area contributed by atoms with E-state index >= 15 is 0 Å². The van der Waals surface area contributed by atoms with Crippen molar-refractivity contribution in [2.45, 2.75) is 32.5 Å². The van der Waals surface area contributed by atoms with Gasteiger partial charge in [0.05, 0.1) is 6.04 Å². The summed E-state index contributed by atoms with van der Waals surface area (Å²) < 4.78 is 36.6. The van der Waals surface area contributed by atoms with Gasteiger partial charge in [-0.3, -0.25) is 9.59 Å². The molecule has 0 aliphatic carbocycles. The molecule has 0 aromatic carbocycles. The van der Waals surface area contributed by atoms with Gasteiger partial charge in [0.2, 0.25) is 5.91 Å². The maximum Gasteiger partial charge on any atom is 0.406 e. The van der Waals surface area contributed by atoms with Crippen LogP contribution in [0.15, 0.2) is 0 Å². The van der Waals surface area contributed by atoms with E-state index in [1.54, 1.807) is 13.8 Å². The first kappa shape index (κ1) is 16.7. The average molecular weight is 270 g/mol. The predicted octanol–water partition coefficient (Wildman–Crippen LogP) is 0.835. The van der Waals surface area contributed by atoms with Crippen molar-refractivity contribution in [3.8, 4) is 0 Å². The van der Waals surface area contributed by atoms with E-state index in [0.29, 0.717) is 0 Å². The Morgan fingerprint density at radius 1 is 1.33 bits per heavy atom. The van der Waals surface area contributed by atoms with Crippen molar-refractivity contribution >= 4 is 11.9 Å². The highest BCUT2D eigenvalue weighted by Crippen LogP contribution is 2.17. The first-order chi connectivity index (χ1) is 8.03. The molecule has 0 aliphatic rings. The molecule has 106 valence electrons. The van der Waals surface area contributed by atoms with Crippen LogP contribution < -0.4 is 5.73 Å². The molecule has 0 bridgehead atoms. The lowest BCUT2D eigenvalue weighted by Gasteiger charge is -2.25. The van der Waals surface area contributed by atoms with Crippen LogP contribution in [-0.2, 0) is 9.59 Å². The third-order valence-corrected chi connectivity index (χ3v) is 2.05. The highest BCUT2D eigenvalue weighted by Gasteiger charge is 2.35. The summed E-state index contributed by atoms with van der Waals surface area (Å²) >= 11 is 0. The van der Waals surface area contributed by atoms with Gasteiger partial charge in [0.15, 0.2) is 0 Å². The van der Waals surface area contributed by atoms with Crippen LogP contribution in [0, 0.1) is 5.92 Å². The van der Waals surface area contributed by atoms with Crippen LogP contribution in [0.4, 0.5) is 13.2 Å². The van der Waals surface area contributed by atoms with Crippen LogP contribution >= 0.6 is 0 Å². The Bertz CT molecular complexity index is 305. The summed E-state index contributed by atoms with van der Waals surface area (Å²) in [5.74, 6) is -2.48. The van der Waals surface area contributed by atoms with E-state index in [4.69, 9.17) is 10.8 Å². The molecule has 0 saturated carbocycles. The van der Waals surface area contributed by atoms with Gasteiger partial charge in [-0.25, -0.2) is 0 Å². The Morgan fingerprint density at radius 3 is 2.17 bits per heavy atom. The average Bonchev–Trinajstić information content (AvgIpc) is 2.11. The molecule has 0 rings (SSSR count). The summed E-state index contributed by atoms with van der Waals surface area (Å²) in [5, 5.41) is 8.49. The smallest absolute Gasteiger partial charge is 0.406 e. The number of alkyl halides is 3. The summed E-state index contributed by atoms with van der Waals surface area (Å²) in [5.41, 5.74) is 5.46. The minimum atomic E-state index is -4.65. The molecule has 0 unspecified atom stereocenters. The molecule has 1 atom stereocenters. The number of carbonyl (C=O) groups excluding carboxylic acids is 1. The van der Waals surface area contributed by atoms with Crippen molar-refractivity contribution in [3.63, 3.8) is 0 Å². The van der Waals surface area contributed by atoms with Crippen molar-refractivity contribution in [1.29, 1.82) is 0 Å². The molecule has 0 aliphatic heterocycles. The van der Waals surface area contributed by atoms with Gasteiger partial charge in [-0.05, 0) is 12.3 Å². The maximum absolute atomic E-state index is 12.2. The number of carboxylic acids is 1. The molecule has 8 heteroatoms. The number of carboxylic acid groups (broad SMARTS) is 1. The van der Waals surface area contributed by atoms with Gasteiger partial charge in [0.1, 0.15) is 13.1 Å². The van der Waals surface area contributed by atoms with Crippen molar-refractivity contribution in [2.24, 2.45) is 11.7 Å². The van der Waals surface area contributed by atoms with Gasteiger partial charge < -0.3 is 15.7 Å². The number of hydrogen-bond donors (Lipinski definition) is 2. The zero-order chi connectivity index (χ0) is 14.5. The van der Waals surface area contributed by atoms with Crippen LogP contribution in [0.1, 0.15) is 20.3 Å². The third kappa shape index (κ3) is 7.10. The lowest BCUT2D eigenvalue weighted by molar-refractivity contribution is -0.166. The van der Waals surface area contributed by atoms with Gasteiger partial charge in [-0.15, -0.1) is 0 Å². The number of nitrogens with two attached hydrogens (primary N) is 1. The van der Waals surface area contributed by atoms with Crippen LogP contribution in [-0.4, -0.2) is 47.2 Å². The highest BCUT2D eigenvalue weighted by atomic mass is 19.4. The zero-order valence-corrected chi connectivity index (χ0v) is 10.2. The molecule has 0 saturated heterocycles. The fourth-order valence-electron chi connectivity index (χ4n) is 1.43. The number of aliphatic carboxylic acids is 1. The molecule has 18 heavy (non-hydrogen) atoms. The monoisotopic (exact) mass is 270 g/mol. The van der Waals surface area contributed by atoms with E-state index in [2.05, 4.69) is 0 Å². The molecular formula is C10H17F3N2O3. The summed E-state index contributed by atoms with van der Waals surface area (Å²) in [6.45, 7) is 0.908. The molecule has 0 radical (unpaired) electrons. The van der Waals surface area contributed by atoms with Crippen molar-refractivity contribution in [3.05, 3.63) is 0 Å². The van der Waals surface area contributed by atoms with E-state index in [0.717, 1.165) is 0 Å². The minimum Gasteiger partial charge on any atom is -0.480 e. The Labute approximate surface area is 103 Å². The Kier molecular flexibility index (Phi) is 6.10. The summed E-state index contributed by atoms with van der Waals surface area (Å²) in [6, 6.07) is -1.12. The second-order valence-electron chi connectivity index (χ2n) is 4.44. The maximum atomic E-state index is 12.2. The number of amides is 1. The van der Waals surface area contributed by atoms with E-state index in [-0.39, 0.29) is 17.2 Å². The fourth-order valence-corrected chi connectivity index (χ4v) is 1.43. The van der Waals surface area contributed by atoms with E-state index in [1.807, 2.05) is 0 Å². The molecule has 5 nitrogen and oxygen atoms in total. The second-order valence-corrected chi connectivity index (χ2v) is 4.44. The van der Waals surface area contributed by atoms with E-state index in [9.17, 15) is 22.8 Å². The van der Waals surface area contributed by atoms with Crippen molar-refractivity contribution in [1.82, 2.24) is 4.90 Å². The summed E-state index contributed by atoms with van der Waals surface area (Å²) in [6.07, 6.45) is -4.45. The third-order valence-electron chi connectivity index (χ3n) is 2.05. The van der Waals surface area contributed by atoms with Gasteiger partial charge >= 0.3 is 12.1 Å². The molecule has 0 aromatic heterocycles. The van der Waals surface area contributed by atoms with Crippen LogP contribution in [0.3, 0.4) is 0 Å². The number of nitrogens with zero attached hydrogens (tertiary/aromatic N) is 1. The van der Waals surface area contributed by atoms with Crippen molar-refractivity contribution in [2.75, 3.05) is 13.1 Å². The Morgan fingerprint density at radius 2 is 1.83 bits per heavy atom. The van der Waals surface area contributed by atoms with Gasteiger partial charge in [-0.1, -0.05) is 13.8 Å². The SMILES string of the molecule is CC(C)C[C@H](N)C(=O)N(CC(=O)O)CC(F)(F)F. The standard InChI is InChI=1S/C10H17F3N2O3/c1-6(2)3-7(14)9(18)15(4-8(16)17)5-10(11,12)13/h6-7H,3-5,14H2,1-2H3,(H,16,17)/t7-/m0/s1. The molecule has 0 spiro atoms. The molecule has 3 N–H and O–H groups in total. The Balaban J connectivity index is 4.73. The number of halogens is 3. The number of rotatable bonds is 6. The summed E-state index contributed by atoms with van der Waals surface area (Å²) in [7, 11) is 0. The molecule has 0 fully saturated rings. The van der Waals surface area contributed by atoms with Crippen LogP contribution in [0.25, 0.3) is 0 Å². The first-order valence-corrected chi connectivity index (χ1v) is 5.36. The van der Waals surface area contributed by atoms with Gasteiger partial charge in [0, 0.05) is 0 Å².